The molecular weight excluding hydrogens is 288 g/mol. The van der Waals surface area contributed by atoms with Crippen LogP contribution in [0.15, 0.2) is 6.07 Å². The number of nitrogens with zero attached hydrogens (tertiary/aromatic N) is 1. The first-order valence-electron chi connectivity index (χ1n) is 7.06. The van der Waals surface area contributed by atoms with E-state index in [4.69, 9.17) is 26.1 Å². The van der Waals surface area contributed by atoms with E-state index in [9.17, 15) is 0 Å². The number of methoxy groups -OCH3 is 2. The highest BCUT2D eigenvalue weighted by Crippen LogP contribution is 2.43. The van der Waals surface area contributed by atoms with Gasteiger partial charge < -0.3 is 14.8 Å². The van der Waals surface area contributed by atoms with Crippen LogP contribution in [-0.4, -0.2) is 25.7 Å². The van der Waals surface area contributed by atoms with Gasteiger partial charge in [0.2, 0.25) is 0 Å². The van der Waals surface area contributed by atoms with E-state index in [0.29, 0.717) is 16.5 Å². The van der Waals surface area contributed by atoms with Crippen molar-refractivity contribution >= 4 is 28.2 Å². The lowest BCUT2D eigenvalue weighted by atomic mass is 10.0. The zero-order chi connectivity index (χ0) is 15.6. The number of aromatic nitrogens is 1. The van der Waals surface area contributed by atoms with E-state index in [-0.39, 0.29) is 0 Å². The summed E-state index contributed by atoms with van der Waals surface area (Å²) >= 11 is 6.52. The molecule has 0 unspecified atom stereocenters. The van der Waals surface area contributed by atoms with Crippen LogP contribution in [0.1, 0.15) is 25.1 Å². The molecule has 1 aromatic carbocycles. The van der Waals surface area contributed by atoms with Crippen molar-refractivity contribution < 1.29 is 9.47 Å². The van der Waals surface area contributed by atoms with Gasteiger partial charge in [-0.2, -0.15) is 0 Å². The maximum Gasteiger partial charge on any atom is 0.148 e. The number of pyridine rings is 1. The first-order valence-corrected chi connectivity index (χ1v) is 7.44. The van der Waals surface area contributed by atoms with E-state index in [1.807, 2.05) is 0 Å². The Balaban J connectivity index is 2.96. The summed E-state index contributed by atoms with van der Waals surface area (Å²) in [6, 6.07) is 1.78. The maximum absolute atomic E-state index is 6.52. The number of anilines is 1. The third-order valence-corrected chi connectivity index (χ3v) is 3.98. The fourth-order valence-electron chi connectivity index (χ4n) is 2.54. The Morgan fingerprint density at radius 3 is 2.38 bits per heavy atom. The minimum atomic E-state index is 0.558. The van der Waals surface area contributed by atoms with Gasteiger partial charge in [-0.05, 0) is 25.8 Å². The Morgan fingerprint density at radius 2 is 1.86 bits per heavy atom. The van der Waals surface area contributed by atoms with Gasteiger partial charge in [0.15, 0.2) is 0 Å². The summed E-state index contributed by atoms with van der Waals surface area (Å²) in [4.78, 5) is 4.74. The van der Waals surface area contributed by atoms with Crippen LogP contribution in [0.25, 0.3) is 10.9 Å². The summed E-state index contributed by atoms with van der Waals surface area (Å²) in [7, 11) is 3.22. The van der Waals surface area contributed by atoms with Crippen molar-refractivity contribution in [1.82, 2.24) is 4.98 Å². The highest BCUT2D eigenvalue weighted by Gasteiger charge is 2.19. The Bertz CT molecular complexity index is 671. The molecule has 0 saturated heterocycles. The molecule has 5 heteroatoms. The van der Waals surface area contributed by atoms with Gasteiger partial charge in [-0.15, -0.1) is 0 Å². The van der Waals surface area contributed by atoms with E-state index in [2.05, 4.69) is 26.1 Å². The molecule has 0 amide bonds. The highest BCUT2D eigenvalue weighted by atomic mass is 35.5. The third-order valence-electron chi connectivity index (χ3n) is 3.60. The van der Waals surface area contributed by atoms with Crippen molar-refractivity contribution in [3.05, 3.63) is 22.3 Å². The van der Waals surface area contributed by atoms with Crippen LogP contribution in [-0.2, 0) is 6.42 Å². The van der Waals surface area contributed by atoms with Crippen LogP contribution in [0, 0.1) is 6.92 Å². The fourth-order valence-corrected chi connectivity index (χ4v) is 2.85. The smallest absolute Gasteiger partial charge is 0.148 e. The van der Waals surface area contributed by atoms with Crippen LogP contribution in [0.5, 0.6) is 11.5 Å². The summed E-state index contributed by atoms with van der Waals surface area (Å²) in [5.41, 5.74) is 3.92. The first-order chi connectivity index (χ1) is 10.1. The number of benzene rings is 1. The molecule has 0 saturated carbocycles. The van der Waals surface area contributed by atoms with E-state index in [1.54, 1.807) is 20.3 Å². The zero-order valence-electron chi connectivity index (χ0n) is 13.1. The molecule has 2 rings (SSSR count). The largest absolute Gasteiger partial charge is 0.495 e. The van der Waals surface area contributed by atoms with Crippen molar-refractivity contribution in [2.75, 3.05) is 26.1 Å². The minimum Gasteiger partial charge on any atom is -0.495 e. The molecule has 0 spiro atoms. The molecule has 0 fully saturated rings. The first kappa shape index (κ1) is 15.7. The third kappa shape index (κ3) is 2.60. The molecule has 114 valence electrons. The SMILES string of the molecule is CCNc1c(C)c(CC)nc2c(OC)cc(OC)c(Cl)c12. The molecule has 1 aromatic heterocycles. The molecule has 21 heavy (non-hydrogen) atoms. The van der Waals surface area contributed by atoms with Gasteiger partial charge in [-0.25, -0.2) is 4.98 Å². The summed E-state index contributed by atoms with van der Waals surface area (Å²) in [5.74, 6) is 1.26. The van der Waals surface area contributed by atoms with Gasteiger partial charge in [0, 0.05) is 23.7 Å². The van der Waals surface area contributed by atoms with Gasteiger partial charge in [0.25, 0.3) is 0 Å². The summed E-state index contributed by atoms with van der Waals surface area (Å²) in [6.07, 6.45) is 0.854. The van der Waals surface area contributed by atoms with Gasteiger partial charge in [-0.3, -0.25) is 0 Å². The maximum atomic E-state index is 6.52. The molecule has 0 radical (unpaired) electrons. The Labute approximate surface area is 130 Å². The zero-order valence-corrected chi connectivity index (χ0v) is 13.9. The van der Waals surface area contributed by atoms with E-state index >= 15 is 0 Å². The molecule has 0 atom stereocenters. The van der Waals surface area contributed by atoms with Gasteiger partial charge in [0.05, 0.1) is 24.9 Å². The predicted molar refractivity (Wildman–Crippen MR) is 88.1 cm³/mol. The highest BCUT2D eigenvalue weighted by molar-refractivity contribution is 6.38. The molecule has 0 aliphatic carbocycles. The molecule has 0 aliphatic heterocycles. The van der Waals surface area contributed by atoms with Crippen molar-refractivity contribution in [2.24, 2.45) is 0 Å². The number of ether oxygens (including phenoxy) is 2. The monoisotopic (exact) mass is 308 g/mol. The number of hydrogen-bond donors (Lipinski definition) is 1. The lowest BCUT2D eigenvalue weighted by molar-refractivity contribution is 0.397. The Kier molecular flexibility index (Phi) is 4.78. The second-order valence-electron chi connectivity index (χ2n) is 4.76. The van der Waals surface area contributed by atoms with Crippen molar-refractivity contribution in [3.8, 4) is 11.5 Å². The van der Waals surface area contributed by atoms with E-state index in [0.717, 1.165) is 40.8 Å². The number of rotatable bonds is 5. The Hall–Kier alpha value is -1.68. The number of hydrogen-bond acceptors (Lipinski definition) is 4. The van der Waals surface area contributed by atoms with Crippen LogP contribution in [0.4, 0.5) is 5.69 Å². The minimum absolute atomic E-state index is 0.558. The fraction of sp³-hybridized carbons (Fsp3) is 0.438. The van der Waals surface area contributed by atoms with Gasteiger partial charge >= 0.3 is 0 Å². The summed E-state index contributed by atoms with van der Waals surface area (Å²) in [6.45, 7) is 7.02. The lowest BCUT2D eigenvalue weighted by Gasteiger charge is -2.18. The summed E-state index contributed by atoms with van der Waals surface area (Å²) in [5, 5.41) is 4.81. The topological polar surface area (TPSA) is 43.4 Å². The normalized spacial score (nSPS) is 10.8. The molecule has 0 bridgehead atoms. The van der Waals surface area contributed by atoms with E-state index in [1.165, 1.54) is 0 Å². The number of fused-ring (bicyclic) bond motifs is 1. The van der Waals surface area contributed by atoms with Crippen LogP contribution < -0.4 is 14.8 Å². The van der Waals surface area contributed by atoms with Crippen molar-refractivity contribution in [2.45, 2.75) is 27.2 Å². The average Bonchev–Trinajstić information content (AvgIpc) is 2.50. The summed E-state index contributed by atoms with van der Waals surface area (Å²) < 4.78 is 10.8. The Morgan fingerprint density at radius 1 is 1.19 bits per heavy atom. The predicted octanol–water partition coefficient (Wildman–Crippen LogP) is 4.21. The molecule has 0 aliphatic rings. The van der Waals surface area contributed by atoms with Gasteiger partial charge in [-0.1, -0.05) is 18.5 Å². The van der Waals surface area contributed by atoms with Crippen LogP contribution in [0.2, 0.25) is 5.02 Å². The average molecular weight is 309 g/mol. The number of nitrogens with one attached hydrogen (secondary N) is 1. The van der Waals surface area contributed by atoms with E-state index < -0.39 is 0 Å². The second-order valence-corrected chi connectivity index (χ2v) is 5.14. The second kappa shape index (κ2) is 6.39. The molecular formula is C16H21ClN2O2. The molecule has 1 N–H and O–H groups in total. The van der Waals surface area contributed by atoms with Crippen LogP contribution >= 0.6 is 11.6 Å². The molecule has 4 nitrogen and oxygen atoms in total. The van der Waals surface area contributed by atoms with Gasteiger partial charge in [0.1, 0.15) is 17.0 Å². The lowest BCUT2D eigenvalue weighted by Crippen LogP contribution is -2.06. The standard InChI is InChI=1S/C16H21ClN2O2/c1-6-10-9(3)15(18-7-2)13-14(17)11(20-4)8-12(21-5)16(13)19-10/h8H,6-7H2,1-5H3,(H,18,19). The molecule has 1 heterocycles. The quantitative estimate of drug-likeness (QED) is 0.898. The van der Waals surface area contributed by atoms with Crippen LogP contribution in [0.3, 0.4) is 0 Å². The number of halogens is 1. The van der Waals surface area contributed by atoms with Crippen molar-refractivity contribution in [3.63, 3.8) is 0 Å². The number of aryl methyl sites for hydroxylation is 1. The molecule has 2 aromatic rings. The van der Waals surface area contributed by atoms with Crippen molar-refractivity contribution in [1.29, 1.82) is 0 Å².